The molecule has 2 aromatic carbocycles. The van der Waals surface area contributed by atoms with Crippen LogP contribution in [0.1, 0.15) is 31.4 Å². The topological polar surface area (TPSA) is 26.3 Å². The fourth-order valence-corrected chi connectivity index (χ4v) is 2.43. The fraction of sp³-hybridized carbons (Fsp3) is 0.235. The van der Waals surface area contributed by atoms with Gasteiger partial charge in [0.05, 0.1) is 0 Å². The summed E-state index contributed by atoms with van der Waals surface area (Å²) in [7, 11) is 0. The minimum absolute atomic E-state index is 0.269. The molecule has 0 atom stereocenters. The second kappa shape index (κ2) is 5.70. The molecule has 0 N–H and O–H groups in total. The molecule has 2 aromatic rings. The smallest absolute Gasteiger partial charge is 0.303 e. The van der Waals surface area contributed by atoms with E-state index in [4.69, 9.17) is 4.74 Å². The van der Waals surface area contributed by atoms with Gasteiger partial charge in [-0.25, -0.2) is 0 Å². The Kier molecular flexibility index (Phi) is 4.00. The predicted molar refractivity (Wildman–Crippen MR) is 75.7 cm³/mol. The third-order valence-corrected chi connectivity index (χ3v) is 3.30. The number of hydrogen-bond donors (Lipinski definition) is 0. The lowest BCUT2D eigenvalue weighted by Gasteiger charge is -2.33. The molecule has 0 bridgehead atoms. The Hall–Kier alpha value is -2.09. The second-order valence-corrected chi connectivity index (χ2v) is 4.51. The largest absolute Gasteiger partial charge is 0.449 e. The average Bonchev–Trinajstić information content (AvgIpc) is 2.46. The van der Waals surface area contributed by atoms with Gasteiger partial charge in [0.1, 0.15) is 0 Å². The Labute approximate surface area is 114 Å². The van der Waals surface area contributed by atoms with Gasteiger partial charge in [0, 0.05) is 18.1 Å². The van der Waals surface area contributed by atoms with Crippen molar-refractivity contribution in [1.29, 1.82) is 0 Å². The lowest BCUT2D eigenvalue weighted by molar-refractivity contribution is -0.154. The normalized spacial score (nSPS) is 11.1. The Bertz CT molecular complexity index is 492. The summed E-state index contributed by atoms with van der Waals surface area (Å²) in [5, 5.41) is 0. The number of carbonyl (C=O) groups is 1. The van der Waals surface area contributed by atoms with E-state index in [9.17, 15) is 4.79 Å². The van der Waals surface area contributed by atoms with E-state index in [-0.39, 0.29) is 5.97 Å². The number of esters is 1. The molecule has 0 amide bonds. The van der Waals surface area contributed by atoms with Crippen LogP contribution in [-0.4, -0.2) is 5.97 Å². The van der Waals surface area contributed by atoms with E-state index in [2.05, 4.69) is 0 Å². The van der Waals surface area contributed by atoms with Crippen molar-refractivity contribution in [3.63, 3.8) is 0 Å². The molecule has 0 saturated heterocycles. The summed E-state index contributed by atoms with van der Waals surface area (Å²) in [6.07, 6.45) is 0.695. The summed E-state index contributed by atoms with van der Waals surface area (Å²) >= 11 is 0. The Morgan fingerprint density at radius 1 is 0.947 bits per heavy atom. The van der Waals surface area contributed by atoms with Gasteiger partial charge in [0.2, 0.25) is 0 Å². The summed E-state index contributed by atoms with van der Waals surface area (Å²) in [5.41, 5.74) is 1.30. The molecule has 2 nitrogen and oxygen atoms in total. The van der Waals surface area contributed by atoms with Gasteiger partial charge in [-0.2, -0.15) is 0 Å². The van der Waals surface area contributed by atoms with Crippen molar-refractivity contribution < 1.29 is 9.53 Å². The molecule has 2 heteroatoms. The second-order valence-electron chi connectivity index (χ2n) is 4.51. The van der Waals surface area contributed by atoms with Gasteiger partial charge in [0.15, 0.2) is 5.60 Å². The van der Waals surface area contributed by atoms with E-state index in [1.807, 2.05) is 67.6 Å². The lowest BCUT2D eigenvalue weighted by Crippen LogP contribution is -2.32. The molecule has 0 fully saturated rings. The highest BCUT2D eigenvalue weighted by atomic mass is 16.6. The number of rotatable bonds is 4. The SMILES string of the molecule is CCC(OC(C)=O)(c1ccccc1)c1ccccc1. The Balaban J connectivity index is 2.58. The van der Waals surface area contributed by atoms with Crippen LogP contribution in [0.15, 0.2) is 60.7 Å². The summed E-state index contributed by atoms with van der Waals surface area (Å²) in [5.74, 6) is -0.269. The van der Waals surface area contributed by atoms with Crippen LogP contribution in [0.25, 0.3) is 0 Å². The molecule has 0 aliphatic heterocycles. The molecule has 0 aromatic heterocycles. The quantitative estimate of drug-likeness (QED) is 0.773. The highest BCUT2D eigenvalue weighted by Gasteiger charge is 2.35. The highest BCUT2D eigenvalue weighted by molar-refractivity contribution is 5.67. The molecule has 2 rings (SSSR count). The Morgan fingerprint density at radius 2 is 1.37 bits per heavy atom. The van der Waals surface area contributed by atoms with Crippen LogP contribution >= 0.6 is 0 Å². The van der Waals surface area contributed by atoms with E-state index < -0.39 is 5.60 Å². The molecule has 0 aliphatic rings. The van der Waals surface area contributed by atoms with Crippen LogP contribution in [0.2, 0.25) is 0 Å². The van der Waals surface area contributed by atoms with Gasteiger partial charge in [0.25, 0.3) is 0 Å². The molecule has 0 aliphatic carbocycles. The van der Waals surface area contributed by atoms with Crippen molar-refractivity contribution in [1.82, 2.24) is 0 Å². The number of ether oxygens (including phenoxy) is 1. The summed E-state index contributed by atoms with van der Waals surface area (Å²) < 4.78 is 5.72. The van der Waals surface area contributed by atoms with E-state index in [1.165, 1.54) is 6.92 Å². The zero-order valence-corrected chi connectivity index (χ0v) is 11.3. The third-order valence-electron chi connectivity index (χ3n) is 3.30. The zero-order chi connectivity index (χ0) is 13.7. The minimum Gasteiger partial charge on any atom is -0.449 e. The first-order valence-electron chi connectivity index (χ1n) is 6.49. The molecular formula is C17H18O2. The average molecular weight is 254 g/mol. The lowest BCUT2D eigenvalue weighted by atomic mass is 9.84. The van der Waals surface area contributed by atoms with Gasteiger partial charge in [-0.05, 0) is 6.42 Å². The Morgan fingerprint density at radius 3 is 1.68 bits per heavy atom. The maximum Gasteiger partial charge on any atom is 0.303 e. The molecule has 0 spiro atoms. The van der Waals surface area contributed by atoms with Crippen molar-refractivity contribution in [2.45, 2.75) is 25.9 Å². The molecule has 98 valence electrons. The van der Waals surface area contributed by atoms with Crippen LogP contribution < -0.4 is 0 Å². The molecule has 0 unspecified atom stereocenters. The summed E-state index contributed by atoms with van der Waals surface area (Å²) in [6, 6.07) is 19.8. The van der Waals surface area contributed by atoms with Gasteiger partial charge in [-0.15, -0.1) is 0 Å². The van der Waals surface area contributed by atoms with E-state index in [1.54, 1.807) is 0 Å². The van der Waals surface area contributed by atoms with E-state index in [0.717, 1.165) is 11.1 Å². The van der Waals surface area contributed by atoms with Crippen LogP contribution in [0, 0.1) is 0 Å². The van der Waals surface area contributed by atoms with Gasteiger partial charge >= 0.3 is 5.97 Å². The van der Waals surface area contributed by atoms with Crippen molar-refractivity contribution in [3.8, 4) is 0 Å². The fourth-order valence-electron chi connectivity index (χ4n) is 2.43. The van der Waals surface area contributed by atoms with Crippen LogP contribution in [0.3, 0.4) is 0 Å². The third kappa shape index (κ3) is 2.68. The molecule has 19 heavy (non-hydrogen) atoms. The molecular weight excluding hydrogens is 236 g/mol. The number of hydrogen-bond acceptors (Lipinski definition) is 2. The van der Waals surface area contributed by atoms with Crippen LogP contribution in [-0.2, 0) is 15.1 Å². The van der Waals surface area contributed by atoms with E-state index in [0.29, 0.717) is 6.42 Å². The van der Waals surface area contributed by atoms with Crippen molar-refractivity contribution in [3.05, 3.63) is 71.8 Å². The van der Waals surface area contributed by atoms with Crippen molar-refractivity contribution >= 4 is 5.97 Å². The van der Waals surface area contributed by atoms with Gasteiger partial charge < -0.3 is 4.74 Å². The van der Waals surface area contributed by atoms with Crippen molar-refractivity contribution in [2.75, 3.05) is 0 Å². The zero-order valence-electron chi connectivity index (χ0n) is 11.3. The minimum atomic E-state index is -0.700. The number of benzene rings is 2. The first kappa shape index (κ1) is 13.3. The maximum atomic E-state index is 11.5. The van der Waals surface area contributed by atoms with E-state index >= 15 is 0 Å². The highest BCUT2D eigenvalue weighted by Crippen LogP contribution is 2.36. The predicted octanol–water partition coefficient (Wildman–Crippen LogP) is 3.90. The molecule has 0 heterocycles. The van der Waals surface area contributed by atoms with Gasteiger partial charge in [-0.1, -0.05) is 67.6 Å². The van der Waals surface area contributed by atoms with Crippen LogP contribution in [0.4, 0.5) is 0 Å². The summed E-state index contributed by atoms with van der Waals surface area (Å²) in [4.78, 5) is 11.5. The standard InChI is InChI=1S/C17H18O2/c1-3-17(19-14(2)18,15-10-6-4-7-11-15)16-12-8-5-9-13-16/h4-13H,3H2,1-2H3. The molecule has 0 saturated carbocycles. The molecule has 0 radical (unpaired) electrons. The van der Waals surface area contributed by atoms with Gasteiger partial charge in [-0.3, -0.25) is 4.79 Å². The van der Waals surface area contributed by atoms with Crippen molar-refractivity contribution in [2.24, 2.45) is 0 Å². The maximum absolute atomic E-state index is 11.5. The number of carbonyl (C=O) groups excluding carboxylic acids is 1. The monoisotopic (exact) mass is 254 g/mol. The first-order chi connectivity index (χ1) is 9.19. The summed E-state index contributed by atoms with van der Waals surface area (Å²) in [6.45, 7) is 3.49. The van der Waals surface area contributed by atoms with Crippen LogP contribution in [0.5, 0.6) is 0 Å². The first-order valence-corrected chi connectivity index (χ1v) is 6.49.